The van der Waals surface area contributed by atoms with Gasteiger partial charge in [-0.05, 0) is 43.2 Å². The second-order valence-electron chi connectivity index (χ2n) is 6.46. The van der Waals surface area contributed by atoms with Crippen molar-refractivity contribution >= 4 is 27.6 Å². The summed E-state index contributed by atoms with van der Waals surface area (Å²) in [6.45, 7) is 0. The third kappa shape index (κ3) is 3.86. The number of amides is 1. The molecule has 9 nitrogen and oxygen atoms in total. The highest BCUT2D eigenvalue weighted by molar-refractivity contribution is 7.92. The lowest BCUT2D eigenvalue weighted by Gasteiger charge is -2.20. The Morgan fingerprint density at radius 3 is 2.61 bits per heavy atom. The summed E-state index contributed by atoms with van der Waals surface area (Å²) in [5, 5.41) is 2.85. The molecule has 1 aliphatic carbocycles. The van der Waals surface area contributed by atoms with Crippen LogP contribution in [0.1, 0.15) is 17.8 Å². The van der Waals surface area contributed by atoms with Gasteiger partial charge in [0, 0.05) is 36.1 Å². The summed E-state index contributed by atoms with van der Waals surface area (Å²) in [4.78, 5) is 27.6. The minimum atomic E-state index is -3.80. The number of hydrogen-bond donors (Lipinski definition) is 3. The van der Waals surface area contributed by atoms with Gasteiger partial charge in [-0.15, -0.1) is 0 Å². The van der Waals surface area contributed by atoms with Crippen LogP contribution < -0.4 is 10.0 Å². The summed E-state index contributed by atoms with van der Waals surface area (Å²) >= 11 is 0. The maximum atomic E-state index is 12.5. The molecule has 144 valence electrons. The monoisotopic (exact) mass is 398 g/mol. The van der Waals surface area contributed by atoms with E-state index >= 15 is 0 Å². The Morgan fingerprint density at radius 1 is 1.11 bits per heavy atom. The molecule has 1 aromatic carbocycles. The molecule has 0 bridgehead atoms. The molecule has 10 heteroatoms. The summed E-state index contributed by atoms with van der Waals surface area (Å²) in [5.74, 6) is -0.240. The molecule has 3 aromatic rings. The highest BCUT2D eigenvalue weighted by atomic mass is 32.2. The van der Waals surface area contributed by atoms with E-state index < -0.39 is 10.0 Å². The first kappa shape index (κ1) is 18.1. The van der Waals surface area contributed by atoms with Crippen molar-refractivity contribution in [3.8, 4) is 0 Å². The third-order valence-electron chi connectivity index (χ3n) is 4.58. The number of H-pyrrole nitrogens is 1. The number of carbonyl (C=O) groups is 1. The second kappa shape index (κ2) is 7.39. The van der Waals surface area contributed by atoms with Crippen LogP contribution in [0.2, 0.25) is 0 Å². The van der Waals surface area contributed by atoms with Crippen LogP contribution in [0, 0.1) is 5.92 Å². The number of nitrogens with zero attached hydrogens (tertiary/aromatic N) is 3. The quantitative estimate of drug-likeness (QED) is 0.600. The van der Waals surface area contributed by atoms with Crippen LogP contribution in [0.5, 0.6) is 0 Å². The van der Waals surface area contributed by atoms with E-state index in [-0.39, 0.29) is 22.7 Å². The van der Waals surface area contributed by atoms with Gasteiger partial charge in [0.1, 0.15) is 0 Å². The number of aromatic amines is 1. The van der Waals surface area contributed by atoms with E-state index in [1.807, 2.05) is 0 Å². The van der Waals surface area contributed by atoms with Crippen LogP contribution in [0.3, 0.4) is 0 Å². The fourth-order valence-corrected chi connectivity index (χ4v) is 4.08. The third-order valence-corrected chi connectivity index (χ3v) is 5.93. The lowest BCUT2D eigenvalue weighted by Crippen LogP contribution is -2.28. The number of nitrogens with one attached hydrogen (secondary N) is 3. The molecule has 0 radical (unpaired) electrons. The lowest BCUT2D eigenvalue weighted by molar-refractivity contribution is -0.120. The summed E-state index contributed by atoms with van der Waals surface area (Å²) < 4.78 is 27.1. The average molecular weight is 398 g/mol. The van der Waals surface area contributed by atoms with Crippen molar-refractivity contribution in [3.63, 3.8) is 0 Å². The van der Waals surface area contributed by atoms with Gasteiger partial charge < -0.3 is 10.3 Å². The smallest absolute Gasteiger partial charge is 0.264 e. The van der Waals surface area contributed by atoms with E-state index in [0.29, 0.717) is 12.1 Å². The van der Waals surface area contributed by atoms with Gasteiger partial charge in [0.25, 0.3) is 10.0 Å². The van der Waals surface area contributed by atoms with Gasteiger partial charge in [-0.1, -0.05) is 0 Å². The average Bonchev–Trinajstić information content (AvgIpc) is 3.16. The fourth-order valence-electron chi connectivity index (χ4n) is 3.12. The summed E-state index contributed by atoms with van der Waals surface area (Å²) in [5.41, 5.74) is 2.56. The highest BCUT2D eigenvalue weighted by Gasteiger charge is 2.26. The largest absolute Gasteiger partial charge is 0.348 e. The Balaban J connectivity index is 1.41. The molecule has 0 aliphatic heterocycles. The minimum Gasteiger partial charge on any atom is -0.348 e. The molecule has 0 fully saturated rings. The lowest BCUT2D eigenvalue weighted by atomic mass is 9.89. The molecule has 28 heavy (non-hydrogen) atoms. The Kier molecular flexibility index (Phi) is 4.78. The number of anilines is 2. The Morgan fingerprint density at radius 2 is 1.86 bits per heavy atom. The van der Waals surface area contributed by atoms with Gasteiger partial charge in [-0.25, -0.2) is 28.1 Å². The van der Waals surface area contributed by atoms with Crippen LogP contribution in [0.4, 0.5) is 11.6 Å². The molecule has 0 saturated heterocycles. The topological polar surface area (TPSA) is 130 Å². The zero-order valence-corrected chi connectivity index (χ0v) is 15.6. The van der Waals surface area contributed by atoms with Gasteiger partial charge in [0.15, 0.2) is 0 Å². The first-order valence-corrected chi connectivity index (χ1v) is 10.2. The summed E-state index contributed by atoms with van der Waals surface area (Å²) in [6, 6.07) is 7.56. The zero-order chi connectivity index (χ0) is 19.6. The molecule has 3 N–H and O–H groups in total. The number of sulfonamides is 1. The first-order valence-electron chi connectivity index (χ1n) is 8.73. The fraction of sp³-hybridized carbons (Fsp3) is 0.222. The second-order valence-corrected chi connectivity index (χ2v) is 8.14. The molecule has 4 rings (SSSR count). The Bertz CT molecular complexity index is 1080. The van der Waals surface area contributed by atoms with Crippen LogP contribution in [0.15, 0.2) is 53.9 Å². The molecular weight excluding hydrogens is 380 g/mol. The van der Waals surface area contributed by atoms with E-state index in [2.05, 4.69) is 30.0 Å². The van der Waals surface area contributed by atoms with Crippen molar-refractivity contribution < 1.29 is 13.2 Å². The van der Waals surface area contributed by atoms with Crippen LogP contribution in [-0.2, 0) is 27.7 Å². The van der Waals surface area contributed by atoms with Crippen molar-refractivity contribution in [1.82, 2.24) is 19.9 Å². The standard InChI is InChI=1S/C18H18N6O3S/c25-17(12-2-7-15-16(10-12)22-11-21-15)23-13-3-5-14(6-4-13)28(26,27)24-18-19-8-1-9-20-18/h1,3-6,8-9,11-12H,2,7,10H2,(H,21,22)(H,23,25)(H,19,20,24). The van der Waals surface area contributed by atoms with Gasteiger partial charge in [0.2, 0.25) is 11.9 Å². The zero-order valence-electron chi connectivity index (χ0n) is 14.8. The van der Waals surface area contributed by atoms with Gasteiger partial charge in [-0.2, -0.15) is 0 Å². The number of aromatic nitrogens is 4. The molecule has 1 amide bonds. The van der Waals surface area contributed by atoms with Gasteiger partial charge in [-0.3, -0.25) is 4.79 Å². The van der Waals surface area contributed by atoms with E-state index in [0.717, 1.165) is 24.2 Å². The SMILES string of the molecule is O=C(Nc1ccc(S(=O)(=O)Nc2ncccn2)cc1)C1CCc2nc[nH]c2C1. The van der Waals surface area contributed by atoms with Gasteiger partial charge >= 0.3 is 0 Å². The van der Waals surface area contributed by atoms with Crippen molar-refractivity contribution in [2.75, 3.05) is 10.0 Å². The summed E-state index contributed by atoms with van der Waals surface area (Å²) in [7, 11) is -3.80. The summed E-state index contributed by atoms with van der Waals surface area (Å²) in [6.07, 6.45) is 6.66. The molecular formula is C18H18N6O3S. The number of aryl methyl sites for hydroxylation is 1. The normalized spacial score (nSPS) is 16.2. The van der Waals surface area contributed by atoms with Crippen molar-refractivity contribution in [1.29, 1.82) is 0 Å². The van der Waals surface area contributed by atoms with Crippen molar-refractivity contribution in [2.45, 2.75) is 24.2 Å². The Labute approximate surface area is 161 Å². The number of fused-ring (bicyclic) bond motifs is 1. The number of carbonyl (C=O) groups excluding carboxylic acids is 1. The van der Waals surface area contributed by atoms with Crippen molar-refractivity contribution in [2.24, 2.45) is 5.92 Å². The van der Waals surface area contributed by atoms with Crippen LogP contribution in [-0.4, -0.2) is 34.3 Å². The predicted molar refractivity (Wildman–Crippen MR) is 102 cm³/mol. The van der Waals surface area contributed by atoms with E-state index in [4.69, 9.17) is 0 Å². The minimum absolute atomic E-state index is 0.00430. The highest BCUT2D eigenvalue weighted by Crippen LogP contribution is 2.24. The molecule has 2 heterocycles. The number of hydrogen-bond acceptors (Lipinski definition) is 6. The molecule has 1 atom stereocenters. The first-order chi connectivity index (χ1) is 13.5. The predicted octanol–water partition coefficient (Wildman–Crippen LogP) is 1.74. The van der Waals surface area contributed by atoms with E-state index in [9.17, 15) is 13.2 Å². The van der Waals surface area contributed by atoms with E-state index in [1.165, 1.54) is 24.5 Å². The molecule has 2 aromatic heterocycles. The number of imidazole rings is 1. The van der Waals surface area contributed by atoms with Gasteiger partial charge in [0.05, 0.1) is 16.9 Å². The molecule has 0 saturated carbocycles. The van der Waals surface area contributed by atoms with Crippen LogP contribution >= 0.6 is 0 Å². The number of benzene rings is 1. The molecule has 0 spiro atoms. The molecule has 1 unspecified atom stereocenters. The maximum Gasteiger partial charge on any atom is 0.264 e. The Hall–Kier alpha value is -3.27. The van der Waals surface area contributed by atoms with Crippen molar-refractivity contribution in [3.05, 3.63) is 60.4 Å². The van der Waals surface area contributed by atoms with Crippen LogP contribution in [0.25, 0.3) is 0 Å². The molecule has 1 aliphatic rings. The van der Waals surface area contributed by atoms with E-state index in [1.54, 1.807) is 24.5 Å². The number of rotatable bonds is 5. The maximum absolute atomic E-state index is 12.5.